The molecule has 2 aliphatic rings. The first-order valence-electron chi connectivity index (χ1n) is 23.5. The van der Waals surface area contributed by atoms with Gasteiger partial charge in [0.1, 0.15) is 0 Å². The van der Waals surface area contributed by atoms with Gasteiger partial charge in [-0.15, -0.1) is 0 Å². The van der Waals surface area contributed by atoms with Crippen LogP contribution in [0.5, 0.6) is 0 Å². The van der Waals surface area contributed by atoms with Crippen molar-refractivity contribution in [3.8, 4) is 62.1 Å². The zero-order valence-corrected chi connectivity index (χ0v) is 37.4. The van der Waals surface area contributed by atoms with Gasteiger partial charge in [-0.1, -0.05) is 188 Å². The minimum atomic E-state index is -0.678. The maximum absolute atomic E-state index is 5.36. The monoisotopic (exact) mass is 879 g/mol. The lowest BCUT2D eigenvalue weighted by atomic mass is 9.64. The van der Waals surface area contributed by atoms with Crippen molar-refractivity contribution in [2.75, 3.05) is 4.90 Å². The van der Waals surface area contributed by atoms with Crippen molar-refractivity contribution in [2.24, 2.45) is 0 Å². The van der Waals surface area contributed by atoms with Crippen molar-refractivity contribution in [3.63, 3.8) is 0 Å². The van der Waals surface area contributed by atoms with Crippen LogP contribution in [0, 0.1) is 0 Å². The van der Waals surface area contributed by atoms with Crippen LogP contribution < -0.4 is 4.90 Å². The van der Waals surface area contributed by atoms with E-state index >= 15 is 0 Å². The SMILES string of the molecule is c1ccc(-c2nc(-c3ccccc3)nc(-c3cccc4c3-c3cc(-c5ccc6c(c5)c5ccccc5n6-c5ccccc5)ccc3C43c4ccccc4N(c4ccccc4)c4ccccc43)n2)cc1. The average molecular weight is 880 g/mol. The molecule has 1 aliphatic heterocycles. The Morgan fingerprint density at radius 1 is 0.304 bits per heavy atom. The summed E-state index contributed by atoms with van der Waals surface area (Å²) in [5.41, 5.74) is 18.5. The first-order valence-corrected chi connectivity index (χ1v) is 23.5. The van der Waals surface area contributed by atoms with Crippen LogP contribution in [0.3, 0.4) is 0 Å². The van der Waals surface area contributed by atoms with Gasteiger partial charge in [-0.05, 0) is 105 Å². The van der Waals surface area contributed by atoms with Gasteiger partial charge in [-0.3, -0.25) is 0 Å². The van der Waals surface area contributed by atoms with E-state index in [1.54, 1.807) is 0 Å². The van der Waals surface area contributed by atoms with Gasteiger partial charge in [-0.25, -0.2) is 15.0 Å². The molecule has 5 nitrogen and oxygen atoms in total. The molecule has 1 aliphatic carbocycles. The second-order valence-electron chi connectivity index (χ2n) is 17.9. The topological polar surface area (TPSA) is 46.8 Å². The minimum Gasteiger partial charge on any atom is -0.310 e. The Morgan fingerprint density at radius 2 is 0.812 bits per heavy atom. The molecule has 5 heteroatoms. The summed E-state index contributed by atoms with van der Waals surface area (Å²) >= 11 is 0. The van der Waals surface area contributed by atoms with Crippen LogP contribution in [0.1, 0.15) is 22.3 Å². The lowest BCUT2D eigenvalue weighted by Gasteiger charge is -2.45. The second-order valence-corrected chi connectivity index (χ2v) is 17.9. The number of rotatable bonds is 6. The van der Waals surface area contributed by atoms with Gasteiger partial charge in [0, 0.05) is 38.8 Å². The smallest absolute Gasteiger partial charge is 0.164 e. The van der Waals surface area contributed by atoms with Gasteiger partial charge in [0.05, 0.1) is 27.8 Å². The molecule has 0 saturated carbocycles. The average Bonchev–Trinajstić information content (AvgIpc) is 3.92. The maximum Gasteiger partial charge on any atom is 0.164 e. The fraction of sp³-hybridized carbons (Fsp3) is 0.0156. The molecule has 0 saturated heterocycles. The zero-order valence-electron chi connectivity index (χ0n) is 37.4. The molecule has 0 bridgehead atoms. The number of nitrogens with zero attached hydrogens (tertiary/aromatic N) is 5. The van der Waals surface area contributed by atoms with E-state index in [0.29, 0.717) is 17.5 Å². The summed E-state index contributed by atoms with van der Waals surface area (Å²) in [5, 5.41) is 2.44. The first kappa shape index (κ1) is 39.0. The molecule has 3 heterocycles. The summed E-state index contributed by atoms with van der Waals surface area (Å²) in [6, 6.07) is 89.4. The van der Waals surface area contributed by atoms with E-state index in [-0.39, 0.29) is 0 Å². The molecular formula is C64H41N5. The normalized spacial score (nSPS) is 13.0. The molecule has 322 valence electrons. The molecule has 0 atom stereocenters. The van der Waals surface area contributed by atoms with Crippen LogP contribution in [-0.2, 0) is 5.41 Å². The number of fused-ring (bicyclic) bond motifs is 12. The predicted molar refractivity (Wildman–Crippen MR) is 281 cm³/mol. The van der Waals surface area contributed by atoms with Crippen LogP contribution in [0.25, 0.3) is 83.9 Å². The highest BCUT2D eigenvalue weighted by atomic mass is 15.2. The van der Waals surface area contributed by atoms with E-state index in [0.717, 1.165) is 61.7 Å². The summed E-state index contributed by atoms with van der Waals surface area (Å²) in [7, 11) is 0. The van der Waals surface area contributed by atoms with Crippen molar-refractivity contribution in [1.29, 1.82) is 0 Å². The predicted octanol–water partition coefficient (Wildman–Crippen LogP) is 15.8. The molecule has 0 fully saturated rings. The van der Waals surface area contributed by atoms with Crippen molar-refractivity contribution in [2.45, 2.75) is 5.41 Å². The number of benzene rings is 10. The van der Waals surface area contributed by atoms with Gasteiger partial charge in [-0.2, -0.15) is 0 Å². The molecule has 0 N–H and O–H groups in total. The Kier molecular flexibility index (Phi) is 8.73. The van der Waals surface area contributed by atoms with Crippen LogP contribution in [0.4, 0.5) is 17.1 Å². The first-order chi connectivity index (χ1) is 34.2. The summed E-state index contributed by atoms with van der Waals surface area (Å²) in [5.74, 6) is 1.90. The highest BCUT2D eigenvalue weighted by molar-refractivity contribution is 6.11. The third kappa shape index (κ3) is 5.87. The molecule has 2 aromatic heterocycles. The minimum absolute atomic E-state index is 0.631. The summed E-state index contributed by atoms with van der Waals surface area (Å²) < 4.78 is 2.38. The number of anilines is 3. The van der Waals surface area contributed by atoms with Gasteiger partial charge in [0.2, 0.25) is 0 Å². The molecule has 0 radical (unpaired) electrons. The van der Waals surface area contributed by atoms with E-state index in [1.165, 1.54) is 44.1 Å². The lowest BCUT2D eigenvalue weighted by Crippen LogP contribution is -2.36. The maximum atomic E-state index is 5.36. The quantitative estimate of drug-likeness (QED) is 0.167. The van der Waals surface area contributed by atoms with E-state index in [9.17, 15) is 0 Å². The van der Waals surface area contributed by atoms with E-state index < -0.39 is 5.41 Å². The van der Waals surface area contributed by atoms with Gasteiger partial charge < -0.3 is 9.47 Å². The second kappa shape index (κ2) is 15.4. The van der Waals surface area contributed by atoms with Crippen LogP contribution in [-0.4, -0.2) is 19.5 Å². The molecule has 1 spiro atoms. The summed E-state index contributed by atoms with van der Waals surface area (Å²) in [6.45, 7) is 0. The third-order valence-electron chi connectivity index (χ3n) is 14.2. The fourth-order valence-corrected chi connectivity index (χ4v) is 11.4. The molecule has 0 unspecified atom stereocenters. The Labute approximate surface area is 399 Å². The fourth-order valence-electron chi connectivity index (χ4n) is 11.4. The standard InChI is InChI=1S/C64H41N5/c1-5-20-42(21-6-1)61-65-62(43-22-7-2-8-23-43)67-63(66-61)49-29-19-32-55-60(49)51-41-44(45-37-39-57-50(40-45)48-28-13-16-33-56(48)68(57)46-24-9-3-10-25-46)36-38-52(51)64(55)53-30-14-17-34-58(53)69(47-26-11-4-12-27-47)59-35-18-15-31-54(59)64/h1-41H. The molecule has 0 amide bonds. The summed E-state index contributed by atoms with van der Waals surface area (Å²) in [6.07, 6.45) is 0. The van der Waals surface area contributed by atoms with E-state index in [2.05, 4.69) is 222 Å². The number of hydrogen-bond donors (Lipinski definition) is 0. The van der Waals surface area contributed by atoms with Crippen LogP contribution in [0.15, 0.2) is 249 Å². The van der Waals surface area contributed by atoms with Crippen molar-refractivity contribution in [3.05, 3.63) is 271 Å². The van der Waals surface area contributed by atoms with Gasteiger partial charge in [0.25, 0.3) is 0 Å². The van der Waals surface area contributed by atoms with Crippen LogP contribution in [0.2, 0.25) is 0 Å². The van der Waals surface area contributed by atoms with E-state index in [1.807, 2.05) is 36.4 Å². The van der Waals surface area contributed by atoms with Gasteiger partial charge >= 0.3 is 0 Å². The Hall–Kier alpha value is -9.19. The highest BCUT2D eigenvalue weighted by Crippen LogP contribution is 2.64. The third-order valence-corrected chi connectivity index (χ3v) is 14.2. The van der Waals surface area contributed by atoms with Crippen molar-refractivity contribution >= 4 is 38.9 Å². The van der Waals surface area contributed by atoms with E-state index in [4.69, 9.17) is 15.0 Å². The number of hydrogen-bond acceptors (Lipinski definition) is 4. The molecular weight excluding hydrogens is 839 g/mol. The molecule has 14 rings (SSSR count). The molecule has 12 aromatic rings. The van der Waals surface area contributed by atoms with Gasteiger partial charge in [0.15, 0.2) is 17.5 Å². The molecule has 69 heavy (non-hydrogen) atoms. The lowest BCUT2D eigenvalue weighted by molar-refractivity contribution is 0.753. The molecule has 10 aromatic carbocycles. The Bertz CT molecular complexity index is 3850. The van der Waals surface area contributed by atoms with Crippen LogP contribution >= 0.6 is 0 Å². The largest absolute Gasteiger partial charge is 0.310 e. The highest BCUT2D eigenvalue weighted by Gasteiger charge is 2.52. The zero-order chi connectivity index (χ0) is 45.5. The Balaban J connectivity index is 1.06. The number of para-hydroxylation sites is 5. The summed E-state index contributed by atoms with van der Waals surface area (Å²) in [4.78, 5) is 18.3. The Morgan fingerprint density at radius 3 is 1.48 bits per heavy atom. The van der Waals surface area contributed by atoms with Crippen molar-refractivity contribution in [1.82, 2.24) is 19.5 Å². The number of aromatic nitrogens is 4. The van der Waals surface area contributed by atoms with Crippen molar-refractivity contribution < 1.29 is 0 Å².